The van der Waals surface area contributed by atoms with Crippen molar-refractivity contribution in [3.63, 3.8) is 0 Å². The molecule has 0 aromatic heterocycles. The topological polar surface area (TPSA) is 12.0 Å². The van der Waals surface area contributed by atoms with E-state index in [2.05, 4.69) is 35.7 Å². The second kappa shape index (κ2) is 5.17. The molecule has 0 aliphatic heterocycles. The first-order valence-electron chi connectivity index (χ1n) is 5.44. The van der Waals surface area contributed by atoms with Crippen LogP contribution in [-0.4, -0.2) is 0 Å². The number of hydrogen-bond donors (Lipinski definition) is 1. The van der Waals surface area contributed by atoms with Crippen LogP contribution < -0.4 is 5.32 Å². The van der Waals surface area contributed by atoms with Gasteiger partial charge in [0, 0.05) is 11.4 Å². The number of nitrogens with one attached hydrogen (secondary N) is 1. The van der Waals surface area contributed by atoms with Crippen molar-refractivity contribution in [1.29, 1.82) is 0 Å². The Bertz CT molecular complexity index is 472. The quantitative estimate of drug-likeness (QED) is 0.786. The summed E-state index contributed by atoms with van der Waals surface area (Å²) < 4.78 is 0. The molecule has 0 saturated heterocycles. The first-order chi connectivity index (χ1) is 7.90. The van der Waals surface area contributed by atoms with Crippen LogP contribution >= 0.6 is 0 Å². The lowest BCUT2D eigenvalue weighted by molar-refractivity contribution is 1.53. The molecule has 16 heavy (non-hydrogen) atoms. The van der Waals surface area contributed by atoms with Gasteiger partial charge in [0.25, 0.3) is 0 Å². The maximum absolute atomic E-state index is 3.41. The highest BCUT2D eigenvalue weighted by atomic mass is 14.9. The molecule has 0 spiro atoms. The standard InChI is InChI=1S/C15H15N/c1-2-8-13-9-6-7-12-15(13)16-14-10-4-3-5-11-14/h2-12,16H,1H3/b8-2+. The van der Waals surface area contributed by atoms with Crippen molar-refractivity contribution in [2.24, 2.45) is 0 Å². The molecule has 0 radical (unpaired) electrons. The number of allylic oxidation sites excluding steroid dienone is 1. The molecule has 1 heteroatoms. The second-order valence-corrected chi connectivity index (χ2v) is 3.58. The van der Waals surface area contributed by atoms with Gasteiger partial charge in [-0.15, -0.1) is 0 Å². The normalized spacial score (nSPS) is 10.6. The lowest BCUT2D eigenvalue weighted by atomic mass is 10.1. The zero-order valence-corrected chi connectivity index (χ0v) is 9.35. The predicted octanol–water partition coefficient (Wildman–Crippen LogP) is 4.46. The summed E-state index contributed by atoms with van der Waals surface area (Å²) in [5.74, 6) is 0. The molecule has 0 aliphatic carbocycles. The molecule has 2 aromatic rings. The van der Waals surface area contributed by atoms with E-state index < -0.39 is 0 Å². The molecule has 2 rings (SSSR count). The van der Waals surface area contributed by atoms with Crippen LogP contribution in [0.1, 0.15) is 12.5 Å². The van der Waals surface area contributed by atoms with Crippen molar-refractivity contribution in [3.05, 3.63) is 66.2 Å². The lowest BCUT2D eigenvalue weighted by Crippen LogP contribution is -1.91. The zero-order valence-electron chi connectivity index (χ0n) is 9.35. The van der Waals surface area contributed by atoms with Crippen LogP contribution in [0.3, 0.4) is 0 Å². The Morgan fingerprint density at radius 1 is 0.875 bits per heavy atom. The number of rotatable bonds is 3. The highest BCUT2D eigenvalue weighted by Crippen LogP contribution is 2.21. The van der Waals surface area contributed by atoms with Crippen LogP contribution in [0, 0.1) is 0 Å². The highest BCUT2D eigenvalue weighted by Gasteiger charge is 1.97. The summed E-state index contributed by atoms with van der Waals surface area (Å²) in [6.07, 6.45) is 4.15. The summed E-state index contributed by atoms with van der Waals surface area (Å²) in [4.78, 5) is 0. The minimum atomic E-state index is 1.11. The van der Waals surface area contributed by atoms with E-state index in [0.29, 0.717) is 0 Å². The molecule has 0 bridgehead atoms. The molecule has 0 atom stereocenters. The van der Waals surface area contributed by atoms with Gasteiger partial charge in [-0.1, -0.05) is 48.6 Å². The van der Waals surface area contributed by atoms with Gasteiger partial charge in [-0.3, -0.25) is 0 Å². The van der Waals surface area contributed by atoms with Gasteiger partial charge in [0.2, 0.25) is 0 Å². The van der Waals surface area contributed by atoms with E-state index in [9.17, 15) is 0 Å². The molecule has 0 unspecified atom stereocenters. The lowest BCUT2D eigenvalue weighted by Gasteiger charge is -2.09. The molecule has 0 amide bonds. The third-order valence-corrected chi connectivity index (χ3v) is 2.36. The van der Waals surface area contributed by atoms with Crippen LogP contribution in [0.5, 0.6) is 0 Å². The molecule has 0 heterocycles. The second-order valence-electron chi connectivity index (χ2n) is 3.58. The fourth-order valence-corrected chi connectivity index (χ4v) is 1.61. The number of para-hydroxylation sites is 2. The Labute approximate surface area is 96.4 Å². The maximum Gasteiger partial charge on any atom is 0.0457 e. The summed E-state index contributed by atoms with van der Waals surface area (Å²) in [5.41, 5.74) is 3.44. The van der Waals surface area contributed by atoms with Crippen LogP contribution in [0.15, 0.2) is 60.7 Å². The minimum Gasteiger partial charge on any atom is -0.355 e. The van der Waals surface area contributed by atoms with Crippen LogP contribution in [0.25, 0.3) is 6.08 Å². The van der Waals surface area contributed by atoms with Gasteiger partial charge in [0.05, 0.1) is 0 Å². The van der Waals surface area contributed by atoms with Crippen LogP contribution in [0.4, 0.5) is 11.4 Å². The van der Waals surface area contributed by atoms with Gasteiger partial charge >= 0.3 is 0 Å². The minimum absolute atomic E-state index is 1.11. The van der Waals surface area contributed by atoms with E-state index in [4.69, 9.17) is 0 Å². The van der Waals surface area contributed by atoms with Crippen molar-refractivity contribution in [1.82, 2.24) is 0 Å². The smallest absolute Gasteiger partial charge is 0.0457 e. The Balaban J connectivity index is 2.28. The Hall–Kier alpha value is -2.02. The molecule has 0 saturated carbocycles. The summed E-state index contributed by atoms with van der Waals surface area (Å²) in [6.45, 7) is 2.03. The van der Waals surface area contributed by atoms with Gasteiger partial charge in [-0.2, -0.15) is 0 Å². The van der Waals surface area contributed by atoms with E-state index in [0.717, 1.165) is 11.4 Å². The van der Waals surface area contributed by atoms with Crippen LogP contribution in [-0.2, 0) is 0 Å². The summed E-state index contributed by atoms with van der Waals surface area (Å²) >= 11 is 0. The number of anilines is 2. The Morgan fingerprint density at radius 3 is 2.31 bits per heavy atom. The van der Waals surface area contributed by atoms with Gasteiger partial charge in [0.15, 0.2) is 0 Å². The summed E-state index contributed by atoms with van der Waals surface area (Å²) in [7, 11) is 0. The van der Waals surface area contributed by atoms with Gasteiger partial charge < -0.3 is 5.32 Å². The van der Waals surface area contributed by atoms with Crippen molar-refractivity contribution in [2.75, 3.05) is 5.32 Å². The zero-order chi connectivity index (χ0) is 11.2. The van der Waals surface area contributed by atoms with Crippen molar-refractivity contribution >= 4 is 17.5 Å². The average molecular weight is 209 g/mol. The van der Waals surface area contributed by atoms with Gasteiger partial charge in [-0.25, -0.2) is 0 Å². The highest BCUT2D eigenvalue weighted by molar-refractivity contribution is 5.71. The largest absolute Gasteiger partial charge is 0.355 e. The SMILES string of the molecule is C/C=C/c1ccccc1Nc1ccccc1. The molecule has 0 fully saturated rings. The number of hydrogen-bond acceptors (Lipinski definition) is 1. The molecular formula is C15H15N. The summed E-state index contributed by atoms with van der Waals surface area (Å²) in [5, 5.41) is 3.41. The molecule has 1 N–H and O–H groups in total. The molecule has 2 aromatic carbocycles. The monoisotopic (exact) mass is 209 g/mol. The molecule has 80 valence electrons. The molecule has 1 nitrogen and oxygen atoms in total. The molecule has 0 aliphatic rings. The maximum atomic E-state index is 3.41. The average Bonchev–Trinajstić information content (AvgIpc) is 2.33. The molecular weight excluding hydrogens is 194 g/mol. The summed E-state index contributed by atoms with van der Waals surface area (Å²) in [6, 6.07) is 18.5. The van der Waals surface area contributed by atoms with Gasteiger partial charge in [0.1, 0.15) is 0 Å². The fraction of sp³-hybridized carbons (Fsp3) is 0.0667. The van der Waals surface area contributed by atoms with Crippen molar-refractivity contribution in [3.8, 4) is 0 Å². The third kappa shape index (κ3) is 2.51. The third-order valence-electron chi connectivity index (χ3n) is 2.36. The van der Waals surface area contributed by atoms with E-state index >= 15 is 0 Å². The number of benzene rings is 2. The van der Waals surface area contributed by atoms with Crippen molar-refractivity contribution in [2.45, 2.75) is 6.92 Å². The van der Waals surface area contributed by atoms with E-state index in [-0.39, 0.29) is 0 Å². The first-order valence-corrected chi connectivity index (χ1v) is 5.44. The predicted molar refractivity (Wildman–Crippen MR) is 70.9 cm³/mol. The first kappa shape index (κ1) is 10.5. The van der Waals surface area contributed by atoms with E-state index in [1.54, 1.807) is 0 Å². The fourth-order valence-electron chi connectivity index (χ4n) is 1.61. The van der Waals surface area contributed by atoms with E-state index in [1.807, 2.05) is 43.3 Å². The van der Waals surface area contributed by atoms with Gasteiger partial charge in [-0.05, 0) is 30.7 Å². The van der Waals surface area contributed by atoms with E-state index in [1.165, 1.54) is 5.56 Å². The van der Waals surface area contributed by atoms with Crippen LogP contribution in [0.2, 0.25) is 0 Å². The Kier molecular flexibility index (Phi) is 3.39. The Morgan fingerprint density at radius 2 is 1.56 bits per heavy atom. The van der Waals surface area contributed by atoms with Crippen molar-refractivity contribution < 1.29 is 0 Å².